The fourth-order valence-corrected chi connectivity index (χ4v) is 3.06. The molecule has 1 aliphatic rings. The molecule has 2 aromatic carbocycles. The second kappa shape index (κ2) is 9.54. The monoisotopic (exact) mass is 381 g/mol. The van der Waals surface area contributed by atoms with Gasteiger partial charge < -0.3 is 16.0 Å². The molecular weight excluding hydrogens is 357 g/mol. The molecule has 2 aromatic rings. The van der Waals surface area contributed by atoms with Crippen LogP contribution in [0.2, 0.25) is 0 Å². The largest absolute Gasteiger partial charge is 0.398 e. The molecule has 1 amide bonds. The van der Waals surface area contributed by atoms with Crippen LogP contribution in [0.3, 0.4) is 0 Å². The number of likely N-dealkylation sites (tertiary alicyclic amines) is 1. The lowest BCUT2D eigenvalue weighted by Gasteiger charge is -2.33. The summed E-state index contributed by atoms with van der Waals surface area (Å²) >= 11 is 0. The third kappa shape index (κ3) is 5.28. The van der Waals surface area contributed by atoms with Gasteiger partial charge in [-0.25, -0.2) is 0 Å². The van der Waals surface area contributed by atoms with E-state index >= 15 is 0 Å². The normalized spacial score (nSPS) is 14.2. The highest BCUT2D eigenvalue weighted by Crippen LogP contribution is 2.20. The number of benzene rings is 2. The minimum Gasteiger partial charge on any atom is -0.398 e. The highest BCUT2D eigenvalue weighted by atomic mass is 35.5. The van der Waals surface area contributed by atoms with E-state index in [1.807, 2.05) is 17.0 Å². The van der Waals surface area contributed by atoms with Gasteiger partial charge in [-0.15, -0.1) is 24.8 Å². The Morgan fingerprint density at radius 3 is 2.40 bits per heavy atom. The van der Waals surface area contributed by atoms with E-state index in [-0.39, 0.29) is 30.7 Å². The fourth-order valence-electron chi connectivity index (χ4n) is 3.06. The predicted molar refractivity (Wildman–Crippen MR) is 109 cm³/mol. The highest BCUT2D eigenvalue weighted by molar-refractivity contribution is 5.99. The Morgan fingerprint density at radius 1 is 1.08 bits per heavy atom. The van der Waals surface area contributed by atoms with Gasteiger partial charge in [-0.3, -0.25) is 4.79 Å². The molecule has 0 saturated carbocycles. The zero-order valence-corrected chi connectivity index (χ0v) is 15.9. The molecule has 0 unspecified atom stereocenters. The summed E-state index contributed by atoms with van der Waals surface area (Å²) in [6.07, 6.45) is 1.90. The summed E-state index contributed by atoms with van der Waals surface area (Å²) in [7, 11) is 0. The molecule has 0 aliphatic carbocycles. The Morgan fingerprint density at radius 2 is 1.76 bits per heavy atom. The van der Waals surface area contributed by atoms with Crippen LogP contribution in [0.25, 0.3) is 0 Å². The molecule has 1 saturated heterocycles. The average Bonchev–Trinajstić information content (AvgIpc) is 2.55. The second-order valence-electron chi connectivity index (χ2n) is 6.17. The van der Waals surface area contributed by atoms with Gasteiger partial charge in [-0.05, 0) is 49.6 Å². The van der Waals surface area contributed by atoms with Crippen molar-refractivity contribution in [1.82, 2.24) is 4.90 Å². The van der Waals surface area contributed by atoms with Crippen LogP contribution in [0.4, 0.5) is 11.4 Å². The third-order valence-electron chi connectivity index (χ3n) is 4.36. The smallest absolute Gasteiger partial charge is 0.255 e. The number of amides is 1. The maximum absolute atomic E-state index is 12.6. The van der Waals surface area contributed by atoms with E-state index in [0.717, 1.165) is 31.6 Å². The number of rotatable bonds is 3. The lowest BCUT2D eigenvalue weighted by atomic mass is 10.0. The van der Waals surface area contributed by atoms with Gasteiger partial charge in [0.05, 0.1) is 5.56 Å². The Balaban J connectivity index is 0.00000156. The summed E-state index contributed by atoms with van der Waals surface area (Å²) < 4.78 is 0. The fraction of sp³-hybridized carbons (Fsp3) is 0.316. The van der Waals surface area contributed by atoms with Gasteiger partial charge in [0.1, 0.15) is 0 Å². The first-order valence-corrected chi connectivity index (χ1v) is 8.10. The van der Waals surface area contributed by atoms with Crippen LogP contribution in [-0.4, -0.2) is 29.9 Å². The van der Waals surface area contributed by atoms with Crippen LogP contribution in [-0.2, 0) is 0 Å². The molecule has 0 atom stereocenters. The number of piperidine rings is 1. The van der Waals surface area contributed by atoms with Crippen molar-refractivity contribution >= 4 is 42.1 Å². The molecule has 4 nitrogen and oxygen atoms in total. The van der Waals surface area contributed by atoms with Crippen LogP contribution in [0.15, 0.2) is 48.5 Å². The van der Waals surface area contributed by atoms with Crippen molar-refractivity contribution in [1.29, 1.82) is 0 Å². The predicted octanol–water partition coefficient (Wildman–Crippen LogP) is 4.14. The van der Waals surface area contributed by atoms with Crippen LogP contribution < -0.4 is 11.1 Å². The number of para-hydroxylation sites is 1. The number of hydrogen-bond donors (Lipinski definition) is 2. The molecule has 3 rings (SSSR count). The molecule has 1 fully saturated rings. The maximum atomic E-state index is 12.6. The lowest BCUT2D eigenvalue weighted by molar-refractivity contribution is 0.0719. The highest BCUT2D eigenvalue weighted by Gasteiger charge is 2.24. The van der Waals surface area contributed by atoms with Crippen molar-refractivity contribution in [3.05, 3.63) is 59.7 Å². The van der Waals surface area contributed by atoms with Crippen molar-refractivity contribution in [2.45, 2.75) is 25.8 Å². The summed E-state index contributed by atoms with van der Waals surface area (Å²) in [6.45, 7) is 3.62. The summed E-state index contributed by atoms with van der Waals surface area (Å²) in [5.41, 5.74) is 9.48. The molecule has 6 heteroatoms. The van der Waals surface area contributed by atoms with Crippen molar-refractivity contribution in [2.75, 3.05) is 24.1 Å². The third-order valence-corrected chi connectivity index (χ3v) is 4.36. The minimum atomic E-state index is 0. The first-order valence-electron chi connectivity index (χ1n) is 8.10. The van der Waals surface area contributed by atoms with Crippen LogP contribution in [0.5, 0.6) is 0 Å². The van der Waals surface area contributed by atoms with E-state index in [2.05, 4.69) is 36.5 Å². The van der Waals surface area contributed by atoms with Gasteiger partial charge in [0.15, 0.2) is 0 Å². The molecule has 136 valence electrons. The topological polar surface area (TPSA) is 58.4 Å². The number of aryl methyl sites for hydroxylation is 1. The molecule has 0 aromatic heterocycles. The average molecular weight is 382 g/mol. The van der Waals surface area contributed by atoms with E-state index in [1.165, 1.54) is 5.56 Å². The van der Waals surface area contributed by atoms with Crippen LogP contribution in [0, 0.1) is 6.92 Å². The summed E-state index contributed by atoms with van der Waals surface area (Å²) in [5.74, 6) is 0.0390. The van der Waals surface area contributed by atoms with Crippen molar-refractivity contribution < 1.29 is 4.79 Å². The maximum Gasteiger partial charge on any atom is 0.255 e. The number of hydrogen-bond acceptors (Lipinski definition) is 3. The molecule has 0 bridgehead atoms. The van der Waals surface area contributed by atoms with Gasteiger partial charge in [0.25, 0.3) is 5.91 Å². The van der Waals surface area contributed by atoms with Gasteiger partial charge in [-0.2, -0.15) is 0 Å². The lowest BCUT2D eigenvalue weighted by Crippen LogP contribution is -2.42. The number of nitrogens with zero attached hydrogens (tertiary/aromatic N) is 1. The second-order valence-corrected chi connectivity index (χ2v) is 6.17. The summed E-state index contributed by atoms with van der Waals surface area (Å²) in [6, 6.07) is 16.1. The SMILES string of the molecule is Cc1cccc(NC2CCN(C(=O)c3ccccc3N)CC2)c1.Cl.Cl. The number of nitrogen functional groups attached to an aromatic ring is 1. The van der Waals surface area contributed by atoms with E-state index in [0.29, 0.717) is 17.3 Å². The summed E-state index contributed by atoms with van der Waals surface area (Å²) in [4.78, 5) is 14.5. The number of carbonyl (C=O) groups is 1. The Bertz CT molecular complexity index is 701. The van der Waals surface area contributed by atoms with E-state index in [1.54, 1.807) is 12.1 Å². The zero-order chi connectivity index (χ0) is 16.2. The number of nitrogens with two attached hydrogens (primary N) is 1. The van der Waals surface area contributed by atoms with E-state index in [9.17, 15) is 4.79 Å². The molecule has 1 heterocycles. The first kappa shape index (κ1) is 21.1. The van der Waals surface area contributed by atoms with Crippen LogP contribution in [0.1, 0.15) is 28.8 Å². The quantitative estimate of drug-likeness (QED) is 0.785. The van der Waals surface area contributed by atoms with Crippen molar-refractivity contribution in [2.24, 2.45) is 0 Å². The molecule has 0 spiro atoms. The zero-order valence-electron chi connectivity index (χ0n) is 14.3. The van der Waals surface area contributed by atoms with Crippen LogP contribution >= 0.6 is 24.8 Å². The van der Waals surface area contributed by atoms with Crippen molar-refractivity contribution in [3.63, 3.8) is 0 Å². The van der Waals surface area contributed by atoms with Gasteiger partial charge in [0, 0.05) is 30.5 Å². The standard InChI is InChI=1S/C19H23N3O.2ClH/c1-14-5-4-6-16(13-14)21-15-9-11-22(12-10-15)19(23)17-7-2-3-8-18(17)20;;/h2-8,13,15,21H,9-12,20H2,1H3;2*1H. The molecule has 25 heavy (non-hydrogen) atoms. The van der Waals surface area contributed by atoms with E-state index in [4.69, 9.17) is 5.73 Å². The number of nitrogens with one attached hydrogen (secondary N) is 1. The first-order chi connectivity index (χ1) is 11.1. The molecule has 0 radical (unpaired) electrons. The van der Waals surface area contributed by atoms with Gasteiger partial charge in [-0.1, -0.05) is 24.3 Å². The molecule has 3 N–H and O–H groups in total. The number of carbonyl (C=O) groups excluding carboxylic acids is 1. The minimum absolute atomic E-state index is 0. The number of anilines is 2. The summed E-state index contributed by atoms with van der Waals surface area (Å²) in [5, 5.41) is 3.57. The molecule has 1 aliphatic heterocycles. The van der Waals surface area contributed by atoms with Gasteiger partial charge >= 0.3 is 0 Å². The Labute approximate surface area is 161 Å². The number of halogens is 2. The molecular formula is C19H25Cl2N3O. The Hall–Kier alpha value is -1.91. The van der Waals surface area contributed by atoms with E-state index < -0.39 is 0 Å². The van der Waals surface area contributed by atoms with Crippen molar-refractivity contribution in [3.8, 4) is 0 Å². The van der Waals surface area contributed by atoms with Gasteiger partial charge in [0.2, 0.25) is 0 Å². The Kier molecular flexibility index (Phi) is 8.07.